The number of morpholine rings is 1. The number of aromatic nitrogens is 5. The quantitative estimate of drug-likeness (QED) is 0.504. The number of aryl methyl sites for hydroxylation is 1. The fourth-order valence-electron chi connectivity index (χ4n) is 4.37. The second kappa shape index (κ2) is 8.37. The highest BCUT2D eigenvalue weighted by Crippen LogP contribution is 2.30. The van der Waals surface area contributed by atoms with Crippen molar-refractivity contribution in [1.29, 1.82) is 0 Å². The maximum atomic E-state index is 10.1. The number of fused-ring (bicyclic) bond motifs is 1. The van der Waals surface area contributed by atoms with Gasteiger partial charge in [0.1, 0.15) is 0 Å². The molecule has 0 radical (unpaired) electrons. The van der Waals surface area contributed by atoms with Gasteiger partial charge in [-0.3, -0.25) is 0 Å². The molecule has 2 N–H and O–H groups in total. The summed E-state index contributed by atoms with van der Waals surface area (Å²) < 4.78 is 7.63. The van der Waals surface area contributed by atoms with Gasteiger partial charge in [0, 0.05) is 25.1 Å². The smallest absolute Gasteiger partial charge is 0.163 e. The zero-order valence-corrected chi connectivity index (χ0v) is 18.7. The van der Waals surface area contributed by atoms with Crippen LogP contribution >= 0.6 is 0 Å². The van der Waals surface area contributed by atoms with Crippen molar-refractivity contribution in [3.05, 3.63) is 64.9 Å². The molecule has 1 unspecified atom stereocenters. The van der Waals surface area contributed by atoms with Crippen LogP contribution in [0.3, 0.4) is 0 Å². The van der Waals surface area contributed by atoms with Crippen molar-refractivity contribution < 1.29 is 9.84 Å². The first-order valence-electron chi connectivity index (χ1n) is 11.0. The molecular weight excluding hydrogens is 404 g/mol. The van der Waals surface area contributed by atoms with E-state index in [1.165, 1.54) is 16.7 Å². The van der Waals surface area contributed by atoms with Gasteiger partial charge >= 0.3 is 0 Å². The standard InChI is InChI=1S/C24H28N6O2/c1-15-5-4-6-18(17(15)3)9-22-21(13-31)27-24-19(20-11-25-14-26-20)10-23(28-30(22)24)29-7-8-32-16(2)12-29/h4-6,10-11,14,16,31H,7-9,12-13H2,1-3H3,(H,25,26). The third-order valence-corrected chi connectivity index (χ3v) is 6.32. The van der Waals surface area contributed by atoms with Crippen LogP contribution in [0.1, 0.15) is 35.0 Å². The van der Waals surface area contributed by atoms with Crippen molar-refractivity contribution in [2.45, 2.75) is 39.9 Å². The van der Waals surface area contributed by atoms with Crippen molar-refractivity contribution in [2.75, 3.05) is 24.6 Å². The molecule has 166 valence electrons. The summed E-state index contributed by atoms with van der Waals surface area (Å²) in [6.45, 7) is 8.40. The maximum absolute atomic E-state index is 10.1. The fraction of sp³-hybridized carbons (Fsp3) is 0.375. The molecule has 0 aliphatic carbocycles. The summed E-state index contributed by atoms with van der Waals surface area (Å²) in [5.41, 5.74) is 7.74. The van der Waals surface area contributed by atoms with Crippen LogP contribution in [0.25, 0.3) is 16.9 Å². The molecule has 8 nitrogen and oxygen atoms in total. The Hall–Kier alpha value is -3.23. The van der Waals surface area contributed by atoms with Crippen molar-refractivity contribution >= 4 is 11.5 Å². The largest absolute Gasteiger partial charge is 0.390 e. The lowest BCUT2D eigenvalue weighted by molar-refractivity contribution is 0.0529. The Morgan fingerprint density at radius 3 is 2.91 bits per heavy atom. The number of H-pyrrole nitrogens is 1. The van der Waals surface area contributed by atoms with Crippen LogP contribution in [0.4, 0.5) is 5.82 Å². The first-order valence-corrected chi connectivity index (χ1v) is 11.0. The second-order valence-electron chi connectivity index (χ2n) is 8.44. The van der Waals surface area contributed by atoms with E-state index in [4.69, 9.17) is 14.8 Å². The lowest BCUT2D eigenvalue weighted by Gasteiger charge is -2.32. The highest BCUT2D eigenvalue weighted by molar-refractivity contribution is 5.77. The van der Waals surface area contributed by atoms with Gasteiger partial charge in [0.2, 0.25) is 0 Å². The average Bonchev–Trinajstić information content (AvgIpc) is 3.45. The number of aliphatic hydroxyl groups excluding tert-OH is 1. The molecule has 1 saturated heterocycles. The number of nitrogens with one attached hydrogen (secondary N) is 1. The Morgan fingerprint density at radius 1 is 1.28 bits per heavy atom. The molecule has 1 aromatic carbocycles. The maximum Gasteiger partial charge on any atom is 0.163 e. The SMILES string of the molecule is Cc1cccc(Cc2c(CO)nc3c(-c4cnc[nH]4)cc(N4CCOC(C)C4)nn23)c1C. The lowest BCUT2D eigenvalue weighted by Crippen LogP contribution is -2.41. The molecule has 1 fully saturated rings. The Morgan fingerprint density at radius 2 is 2.16 bits per heavy atom. The number of anilines is 1. The molecule has 1 aliphatic heterocycles. The zero-order valence-electron chi connectivity index (χ0n) is 18.7. The molecule has 0 spiro atoms. The normalized spacial score (nSPS) is 16.8. The van der Waals surface area contributed by atoms with Crippen LogP contribution in [0.15, 0.2) is 36.8 Å². The summed E-state index contributed by atoms with van der Waals surface area (Å²) in [4.78, 5) is 14.4. The van der Waals surface area contributed by atoms with Gasteiger partial charge in [0.05, 0.1) is 48.9 Å². The highest BCUT2D eigenvalue weighted by atomic mass is 16.5. The van der Waals surface area contributed by atoms with Crippen molar-refractivity contribution in [1.82, 2.24) is 24.6 Å². The van der Waals surface area contributed by atoms with E-state index in [0.29, 0.717) is 24.4 Å². The first-order chi connectivity index (χ1) is 15.5. The molecule has 1 aliphatic rings. The monoisotopic (exact) mass is 432 g/mol. The predicted molar refractivity (Wildman–Crippen MR) is 123 cm³/mol. The second-order valence-corrected chi connectivity index (χ2v) is 8.44. The van der Waals surface area contributed by atoms with E-state index in [1.807, 2.05) is 4.52 Å². The number of imidazole rings is 2. The van der Waals surface area contributed by atoms with Gasteiger partial charge in [-0.25, -0.2) is 14.5 Å². The summed E-state index contributed by atoms with van der Waals surface area (Å²) in [6.07, 6.45) is 4.24. The van der Waals surface area contributed by atoms with Gasteiger partial charge in [-0.1, -0.05) is 18.2 Å². The average molecular weight is 433 g/mol. The summed E-state index contributed by atoms with van der Waals surface area (Å²) in [6, 6.07) is 8.37. The van der Waals surface area contributed by atoms with Crippen molar-refractivity contribution in [2.24, 2.45) is 0 Å². The zero-order chi connectivity index (χ0) is 22.2. The van der Waals surface area contributed by atoms with Crippen LogP contribution in [-0.2, 0) is 17.8 Å². The molecule has 1 atom stereocenters. The number of hydrogen-bond acceptors (Lipinski definition) is 6. The lowest BCUT2D eigenvalue weighted by atomic mass is 9.99. The fourth-order valence-corrected chi connectivity index (χ4v) is 4.37. The van der Waals surface area contributed by atoms with Crippen molar-refractivity contribution in [3.8, 4) is 11.3 Å². The van der Waals surface area contributed by atoms with Crippen LogP contribution in [0.5, 0.6) is 0 Å². The van der Waals surface area contributed by atoms with Crippen LogP contribution in [-0.4, -0.2) is 55.5 Å². The van der Waals surface area contributed by atoms with E-state index in [1.54, 1.807) is 12.5 Å². The number of aromatic amines is 1. The van der Waals surface area contributed by atoms with E-state index in [9.17, 15) is 5.11 Å². The van der Waals surface area contributed by atoms with E-state index in [-0.39, 0.29) is 12.7 Å². The molecule has 32 heavy (non-hydrogen) atoms. The third kappa shape index (κ3) is 3.65. The number of nitrogens with zero attached hydrogens (tertiary/aromatic N) is 5. The molecule has 0 bridgehead atoms. The Bertz CT molecular complexity index is 1250. The van der Waals surface area contributed by atoms with Crippen molar-refractivity contribution in [3.63, 3.8) is 0 Å². The topological polar surface area (TPSA) is 91.6 Å². The number of rotatable bonds is 5. The summed E-state index contributed by atoms with van der Waals surface area (Å²) >= 11 is 0. The van der Waals surface area contributed by atoms with Gasteiger partial charge in [-0.15, -0.1) is 5.10 Å². The summed E-state index contributed by atoms with van der Waals surface area (Å²) in [5.74, 6) is 0.862. The predicted octanol–water partition coefficient (Wildman–Crippen LogP) is 3.04. The highest BCUT2D eigenvalue weighted by Gasteiger charge is 2.23. The first kappa shape index (κ1) is 20.7. The van der Waals surface area contributed by atoms with Crippen LogP contribution in [0, 0.1) is 13.8 Å². The Labute approximate surface area is 186 Å². The van der Waals surface area contributed by atoms with Gasteiger partial charge in [0.15, 0.2) is 11.5 Å². The summed E-state index contributed by atoms with van der Waals surface area (Å²) in [7, 11) is 0. The summed E-state index contributed by atoms with van der Waals surface area (Å²) in [5, 5.41) is 15.1. The van der Waals surface area contributed by atoms with Gasteiger partial charge in [0.25, 0.3) is 0 Å². The van der Waals surface area contributed by atoms with E-state index in [2.05, 4.69) is 59.9 Å². The van der Waals surface area contributed by atoms with Crippen LogP contribution < -0.4 is 4.90 Å². The molecule has 8 heteroatoms. The third-order valence-electron chi connectivity index (χ3n) is 6.32. The molecular formula is C24H28N6O2. The molecule has 3 aromatic heterocycles. The van der Waals surface area contributed by atoms with E-state index in [0.717, 1.165) is 35.9 Å². The Balaban J connectivity index is 1.70. The molecule has 0 saturated carbocycles. The Kier molecular flexibility index (Phi) is 5.40. The molecule has 4 aromatic rings. The van der Waals surface area contributed by atoms with Gasteiger partial charge in [-0.2, -0.15) is 0 Å². The minimum atomic E-state index is -0.143. The minimum absolute atomic E-state index is 0.141. The van der Waals surface area contributed by atoms with E-state index >= 15 is 0 Å². The number of benzene rings is 1. The minimum Gasteiger partial charge on any atom is -0.390 e. The van der Waals surface area contributed by atoms with E-state index < -0.39 is 0 Å². The molecule has 4 heterocycles. The van der Waals surface area contributed by atoms with Crippen LogP contribution in [0.2, 0.25) is 0 Å². The van der Waals surface area contributed by atoms with Gasteiger partial charge < -0.3 is 19.7 Å². The van der Waals surface area contributed by atoms with Gasteiger partial charge in [-0.05, 0) is 43.5 Å². The molecule has 0 amide bonds. The molecule has 5 rings (SSSR count). The number of aliphatic hydroxyl groups is 1. The number of ether oxygens (including phenoxy) is 1. The number of hydrogen-bond donors (Lipinski definition) is 2.